The highest BCUT2D eigenvalue weighted by atomic mass is 32.1. The summed E-state index contributed by atoms with van der Waals surface area (Å²) in [7, 11) is 1.74. The van der Waals surface area contributed by atoms with E-state index in [4.69, 9.17) is 12.2 Å². The van der Waals surface area contributed by atoms with Crippen molar-refractivity contribution in [1.82, 2.24) is 21.5 Å². The predicted molar refractivity (Wildman–Crippen MR) is 68.6 cm³/mol. The minimum Gasteiger partial charge on any atom is -0.506 e. The molecule has 90 valence electrons. The number of hydrazine groups is 1. The zero-order chi connectivity index (χ0) is 12.3. The number of allylic oxidation sites excluding steroid dienone is 2. The first kappa shape index (κ1) is 12.8. The van der Waals surface area contributed by atoms with Crippen LogP contribution in [0, 0.1) is 0 Å². The molecule has 1 aliphatic heterocycles. The van der Waals surface area contributed by atoms with E-state index in [2.05, 4.69) is 21.5 Å². The molecule has 0 saturated carbocycles. The second kappa shape index (κ2) is 5.18. The van der Waals surface area contributed by atoms with Gasteiger partial charge in [0, 0.05) is 7.05 Å². The molecule has 5 nitrogen and oxygen atoms in total. The first-order chi connectivity index (χ1) is 7.47. The Morgan fingerprint density at radius 2 is 2.00 bits per heavy atom. The zero-order valence-electron chi connectivity index (χ0n) is 9.93. The van der Waals surface area contributed by atoms with E-state index in [0.29, 0.717) is 10.9 Å². The Morgan fingerprint density at radius 1 is 1.38 bits per heavy atom. The molecule has 0 radical (unpaired) electrons. The Hall–Kier alpha value is -1.27. The first-order valence-corrected chi connectivity index (χ1v) is 5.45. The highest BCUT2D eigenvalue weighted by Gasteiger charge is 2.21. The van der Waals surface area contributed by atoms with Crippen LogP contribution in [0.3, 0.4) is 0 Å². The number of nitrogens with one attached hydrogen (secondary N) is 4. The molecule has 0 amide bonds. The number of aliphatic hydroxyl groups excluding tert-OH is 1. The average Bonchev–Trinajstić information content (AvgIpc) is 2.23. The van der Waals surface area contributed by atoms with E-state index >= 15 is 0 Å². The quantitative estimate of drug-likeness (QED) is 0.362. The van der Waals surface area contributed by atoms with Crippen LogP contribution in [0.25, 0.3) is 0 Å². The Balaban J connectivity index is 2.76. The van der Waals surface area contributed by atoms with Gasteiger partial charge in [0.25, 0.3) is 0 Å². The van der Waals surface area contributed by atoms with E-state index in [1.807, 2.05) is 20.8 Å². The van der Waals surface area contributed by atoms with Crippen LogP contribution in [0.15, 0.2) is 22.6 Å². The Bertz CT molecular complexity index is 362. The molecule has 0 saturated heterocycles. The molecule has 0 bridgehead atoms. The molecule has 1 rings (SSSR count). The normalized spacial score (nSPS) is 20.6. The lowest BCUT2D eigenvalue weighted by Gasteiger charge is -2.29. The third-order valence-electron chi connectivity index (χ3n) is 2.61. The maximum atomic E-state index is 9.74. The van der Waals surface area contributed by atoms with Gasteiger partial charge in [0.2, 0.25) is 0 Å². The van der Waals surface area contributed by atoms with Crippen molar-refractivity contribution < 1.29 is 5.11 Å². The van der Waals surface area contributed by atoms with Crippen LogP contribution in [0.2, 0.25) is 0 Å². The molecule has 0 aromatic carbocycles. The second-order valence-electron chi connectivity index (χ2n) is 3.71. The summed E-state index contributed by atoms with van der Waals surface area (Å²) in [5.74, 6) is 0.308. The molecule has 1 aliphatic rings. The van der Waals surface area contributed by atoms with Crippen molar-refractivity contribution in [3.05, 3.63) is 22.6 Å². The van der Waals surface area contributed by atoms with Gasteiger partial charge in [-0.3, -0.25) is 5.43 Å². The van der Waals surface area contributed by atoms with Gasteiger partial charge in [0.1, 0.15) is 11.9 Å². The number of aliphatic hydroxyl groups is 1. The molecule has 1 heterocycles. The first-order valence-electron chi connectivity index (χ1n) is 5.04. The number of thiocarbonyl (C=S) groups is 1. The molecule has 16 heavy (non-hydrogen) atoms. The lowest BCUT2D eigenvalue weighted by atomic mass is 10.0. The van der Waals surface area contributed by atoms with Crippen LogP contribution >= 0.6 is 12.2 Å². The van der Waals surface area contributed by atoms with Gasteiger partial charge in [0.15, 0.2) is 5.11 Å². The smallest absolute Gasteiger partial charge is 0.182 e. The van der Waals surface area contributed by atoms with Crippen molar-refractivity contribution in [2.75, 3.05) is 7.05 Å². The fourth-order valence-electron chi connectivity index (χ4n) is 1.50. The third kappa shape index (κ3) is 2.65. The molecular weight excluding hydrogens is 224 g/mol. The highest BCUT2D eigenvalue weighted by molar-refractivity contribution is 7.80. The van der Waals surface area contributed by atoms with Gasteiger partial charge >= 0.3 is 0 Å². The molecule has 6 heteroatoms. The fraction of sp³-hybridized carbons (Fsp3) is 0.500. The van der Waals surface area contributed by atoms with Crippen LogP contribution in [0.1, 0.15) is 20.8 Å². The standard InChI is InChI=1S/C10H18N4OS/c1-5-6(2)9(12-7(3)8(5)15)13-10(16)14-11-4/h9,11-12,15H,1-4H3,(H2,13,14,16). The Morgan fingerprint density at radius 3 is 2.56 bits per heavy atom. The number of dihydropyridines is 1. The van der Waals surface area contributed by atoms with Gasteiger partial charge in [0.05, 0.1) is 5.70 Å². The summed E-state index contributed by atoms with van der Waals surface area (Å²) < 4.78 is 0. The van der Waals surface area contributed by atoms with E-state index in [1.165, 1.54) is 0 Å². The van der Waals surface area contributed by atoms with Crippen LogP contribution in [-0.4, -0.2) is 23.4 Å². The monoisotopic (exact) mass is 242 g/mol. The number of hydrogen-bond acceptors (Lipinski definition) is 4. The summed E-state index contributed by atoms with van der Waals surface area (Å²) in [5.41, 5.74) is 8.16. The highest BCUT2D eigenvalue weighted by Crippen LogP contribution is 2.21. The zero-order valence-corrected chi connectivity index (χ0v) is 10.7. The molecule has 1 unspecified atom stereocenters. The summed E-state index contributed by atoms with van der Waals surface area (Å²) in [6.07, 6.45) is -0.0933. The van der Waals surface area contributed by atoms with Gasteiger partial charge in [-0.2, -0.15) is 0 Å². The Kier molecular flexibility index (Phi) is 4.14. The van der Waals surface area contributed by atoms with Crippen molar-refractivity contribution in [2.45, 2.75) is 26.9 Å². The lowest BCUT2D eigenvalue weighted by molar-refractivity contribution is 0.392. The van der Waals surface area contributed by atoms with E-state index in [-0.39, 0.29) is 6.17 Å². The Labute approximate surface area is 101 Å². The van der Waals surface area contributed by atoms with Crippen molar-refractivity contribution >= 4 is 17.3 Å². The van der Waals surface area contributed by atoms with Crippen molar-refractivity contribution in [2.24, 2.45) is 0 Å². The molecule has 1 atom stereocenters. The molecule has 0 spiro atoms. The molecule has 5 N–H and O–H groups in total. The topological polar surface area (TPSA) is 68.3 Å². The van der Waals surface area contributed by atoms with E-state index in [0.717, 1.165) is 16.8 Å². The summed E-state index contributed by atoms with van der Waals surface area (Å²) in [4.78, 5) is 0. The molecule has 0 fully saturated rings. The van der Waals surface area contributed by atoms with E-state index in [1.54, 1.807) is 7.05 Å². The largest absolute Gasteiger partial charge is 0.506 e. The second-order valence-corrected chi connectivity index (χ2v) is 4.12. The number of rotatable bonds is 2. The molecular formula is C10H18N4OS. The van der Waals surface area contributed by atoms with Crippen molar-refractivity contribution in [3.8, 4) is 0 Å². The van der Waals surface area contributed by atoms with Crippen LogP contribution in [-0.2, 0) is 0 Å². The minimum atomic E-state index is -0.0933. The van der Waals surface area contributed by atoms with E-state index < -0.39 is 0 Å². The SMILES string of the molecule is CNNC(=S)NC1NC(C)=C(O)C(C)=C1C. The van der Waals surface area contributed by atoms with Crippen LogP contribution < -0.4 is 21.5 Å². The van der Waals surface area contributed by atoms with Crippen molar-refractivity contribution in [3.63, 3.8) is 0 Å². The van der Waals surface area contributed by atoms with Gasteiger partial charge in [-0.15, -0.1) is 0 Å². The summed E-state index contributed by atoms with van der Waals surface area (Å²) in [5, 5.41) is 16.5. The maximum Gasteiger partial charge on any atom is 0.182 e. The van der Waals surface area contributed by atoms with E-state index in [9.17, 15) is 5.11 Å². The molecule has 0 aliphatic carbocycles. The summed E-state index contributed by atoms with van der Waals surface area (Å²) >= 11 is 5.07. The number of hydrogen-bond donors (Lipinski definition) is 5. The van der Waals surface area contributed by atoms with Crippen molar-refractivity contribution in [1.29, 1.82) is 0 Å². The van der Waals surface area contributed by atoms with Gasteiger partial charge in [-0.1, -0.05) is 0 Å². The molecule has 0 aromatic heterocycles. The summed E-state index contributed by atoms with van der Waals surface area (Å²) in [6.45, 7) is 5.66. The summed E-state index contributed by atoms with van der Waals surface area (Å²) in [6, 6.07) is 0. The average molecular weight is 242 g/mol. The van der Waals surface area contributed by atoms with Crippen LogP contribution in [0.4, 0.5) is 0 Å². The van der Waals surface area contributed by atoms with Gasteiger partial charge in [-0.05, 0) is 44.1 Å². The van der Waals surface area contributed by atoms with Gasteiger partial charge < -0.3 is 15.7 Å². The predicted octanol–water partition coefficient (Wildman–Crippen LogP) is 0.640. The molecule has 0 aromatic rings. The third-order valence-corrected chi connectivity index (χ3v) is 2.83. The van der Waals surface area contributed by atoms with Crippen LogP contribution in [0.5, 0.6) is 0 Å². The lowest BCUT2D eigenvalue weighted by Crippen LogP contribution is -2.53. The minimum absolute atomic E-state index is 0.0933. The fourth-order valence-corrected chi connectivity index (χ4v) is 1.72. The maximum absolute atomic E-state index is 9.74. The van der Waals surface area contributed by atoms with Gasteiger partial charge in [-0.25, -0.2) is 5.43 Å².